The summed E-state index contributed by atoms with van der Waals surface area (Å²) >= 11 is 0. The Labute approximate surface area is 216 Å². The van der Waals surface area contributed by atoms with Crippen LogP contribution < -0.4 is 10.1 Å². The zero-order chi connectivity index (χ0) is 26.7. The Morgan fingerprint density at radius 3 is 2.58 bits per heavy atom. The maximum atomic E-state index is 12.5. The Bertz CT molecular complexity index is 1100. The molecule has 1 amide bonds. The lowest BCUT2D eigenvalue weighted by molar-refractivity contribution is -0.137. The van der Waals surface area contributed by atoms with Crippen molar-refractivity contribution in [1.82, 2.24) is 0 Å². The van der Waals surface area contributed by atoms with Crippen LogP contribution >= 0.6 is 0 Å². The van der Waals surface area contributed by atoms with Gasteiger partial charge in [0.05, 0.1) is 7.11 Å². The van der Waals surface area contributed by atoms with E-state index in [2.05, 4.69) is 45.2 Å². The number of amides is 1. The number of carbonyl (C=O) groups excluding carboxylic acids is 1. The van der Waals surface area contributed by atoms with E-state index in [1.165, 1.54) is 30.4 Å². The second-order valence-electron chi connectivity index (χ2n) is 10.2. The van der Waals surface area contributed by atoms with Crippen molar-refractivity contribution in [1.29, 1.82) is 0 Å². The van der Waals surface area contributed by atoms with Crippen molar-refractivity contribution in [2.75, 3.05) is 12.4 Å². The fourth-order valence-electron chi connectivity index (χ4n) is 4.55. The monoisotopic (exact) mass is 491 g/mol. The van der Waals surface area contributed by atoms with Crippen LogP contribution in [-0.2, 0) is 16.0 Å². The van der Waals surface area contributed by atoms with E-state index in [1.54, 1.807) is 25.3 Å². The highest BCUT2D eigenvalue weighted by Gasteiger charge is 2.26. The maximum Gasteiger partial charge on any atom is 0.303 e. The number of carbonyl (C=O) groups is 2. The number of methoxy groups -OCH3 is 1. The first-order chi connectivity index (χ1) is 17.0. The third-order valence-corrected chi connectivity index (χ3v) is 6.52. The molecule has 36 heavy (non-hydrogen) atoms. The number of nitrogens with one attached hydrogen (secondary N) is 1. The van der Waals surface area contributed by atoms with Gasteiger partial charge in [0, 0.05) is 18.2 Å². The predicted molar refractivity (Wildman–Crippen MR) is 148 cm³/mol. The molecule has 0 bridgehead atoms. The molecule has 0 heterocycles. The molecule has 1 aromatic carbocycles. The number of aliphatic carboxylic acids is 1. The second-order valence-corrected chi connectivity index (χ2v) is 10.2. The molecule has 2 N–H and O–H groups in total. The summed E-state index contributed by atoms with van der Waals surface area (Å²) in [5, 5.41) is 11.7. The Kier molecular flexibility index (Phi) is 11.0. The van der Waals surface area contributed by atoms with Crippen LogP contribution in [0.4, 0.5) is 5.69 Å². The van der Waals surface area contributed by atoms with E-state index < -0.39 is 5.97 Å². The zero-order valence-electron chi connectivity index (χ0n) is 22.6. The fourth-order valence-corrected chi connectivity index (χ4v) is 4.55. The molecule has 194 valence electrons. The summed E-state index contributed by atoms with van der Waals surface area (Å²) < 4.78 is 5.36. The van der Waals surface area contributed by atoms with Crippen LogP contribution in [0, 0.1) is 5.41 Å². The van der Waals surface area contributed by atoms with Crippen molar-refractivity contribution in [2.45, 2.75) is 73.1 Å². The Morgan fingerprint density at radius 1 is 1.17 bits per heavy atom. The second kappa shape index (κ2) is 13.7. The van der Waals surface area contributed by atoms with Gasteiger partial charge in [-0.25, -0.2) is 0 Å². The van der Waals surface area contributed by atoms with Gasteiger partial charge in [-0.2, -0.15) is 0 Å². The third-order valence-electron chi connectivity index (χ3n) is 6.52. The number of benzene rings is 1. The number of hydrogen-bond donors (Lipinski definition) is 2. The quantitative estimate of drug-likeness (QED) is 0.247. The van der Waals surface area contributed by atoms with Crippen LogP contribution in [0.2, 0.25) is 0 Å². The van der Waals surface area contributed by atoms with Crippen molar-refractivity contribution in [2.24, 2.45) is 5.41 Å². The molecule has 0 saturated carbocycles. The molecule has 1 aromatic rings. The molecule has 1 aliphatic rings. The van der Waals surface area contributed by atoms with E-state index in [0.717, 1.165) is 16.7 Å². The Hall–Kier alpha value is -3.34. The van der Waals surface area contributed by atoms with E-state index in [0.29, 0.717) is 24.3 Å². The van der Waals surface area contributed by atoms with Gasteiger partial charge >= 0.3 is 5.97 Å². The largest absolute Gasteiger partial charge is 0.496 e. The molecule has 0 atom stereocenters. The van der Waals surface area contributed by atoms with Crippen molar-refractivity contribution in [3.8, 4) is 5.75 Å². The predicted octanol–water partition coefficient (Wildman–Crippen LogP) is 7.57. The SMILES string of the molecule is COc1ccc(NC(=O)/C=C(C)/C=C/C=C(C)/C=C/C2=C(C)CCCC2(C)C)cc1CCCC(=O)O. The molecule has 0 aliphatic heterocycles. The number of anilines is 1. The average Bonchev–Trinajstić information content (AvgIpc) is 2.78. The Balaban J connectivity index is 1.99. The standard InChI is InChI=1S/C31H41NO4/c1-22(15-17-27-24(3)12-9-19-31(27,4)5)10-7-11-23(2)20-29(33)32-26-16-18-28(36-6)25(21-26)13-8-14-30(34)35/h7,10-11,15-18,20-21H,8-9,12-14,19H2,1-6H3,(H,32,33)(H,34,35)/b11-7+,17-15+,22-10+,23-20+. The van der Waals surface area contributed by atoms with Gasteiger partial charge in [-0.15, -0.1) is 0 Å². The van der Waals surface area contributed by atoms with Gasteiger partial charge in [0.1, 0.15) is 5.75 Å². The van der Waals surface area contributed by atoms with Gasteiger partial charge in [0.2, 0.25) is 5.91 Å². The van der Waals surface area contributed by atoms with E-state index in [4.69, 9.17) is 9.84 Å². The molecular weight excluding hydrogens is 450 g/mol. The lowest BCUT2D eigenvalue weighted by Crippen LogP contribution is -2.19. The molecule has 1 aliphatic carbocycles. The van der Waals surface area contributed by atoms with Crippen LogP contribution in [0.5, 0.6) is 5.75 Å². The van der Waals surface area contributed by atoms with Gasteiger partial charge in [-0.1, -0.05) is 55.4 Å². The molecule has 0 spiro atoms. The smallest absolute Gasteiger partial charge is 0.303 e. The molecule has 5 heteroatoms. The molecule has 0 saturated heterocycles. The number of ether oxygens (including phenoxy) is 1. The van der Waals surface area contributed by atoms with E-state index in [9.17, 15) is 9.59 Å². The summed E-state index contributed by atoms with van der Waals surface area (Å²) in [7, 11) is 1.58. The van der Waals surface area contributed by atoms with E-state index >= 15 is 0 Å². The molecule has 2 rings (SSSR count). The number of hydrogen-bond acceptors (Lipinski definition) is 3. The zero-order valence-corrected chi connectivity index (χ0v) is 22.6. The van der Waals surface area contributed by atoms with E-state index in [-0.39, 0.29) is 17.7 Å². The highest BCUT2D eigenvalue weighted by atomic mass is 16.5. The minimum Gasteiger partial charge on any atom is -0.496 e. The van der Waals surface area contributed by atoms with Gasteiger partial charge in [0.15, 0.2) is 0 Å². The molecule has 0 fully saturated rings. The molecule has 5 nitrogen and oxygen atoms in total. The summed E-state index contributed by atoms with van der Waals surface area (Å²) in [5.74, 6) is -0.363. The molecule has 0 aromatic heterocycles. The minimum atomic E-state index is -0.825. The van der Waals surface area contributed by atoms with Crippen molar-refractivity contribution in [3.05, 3.63) is 82.5 Å². The highest BCUT2D eigenvalue weighted by molar-refractivity contribution is 6.00. The molecular formula is C31H41NO4. The number of allylic oxidation sites excluding steroid dienone is 9. The number of aryl methyl sites for hydroxylation is 1. The maximum absolute atomic E-state index is 12.5. The summed E-state index contributed by atoms with van der Waals surface area (Å²) in [6, 6.07) is 5.40. The fraction of sp³-hybridized carbons (Fsp3) is 0.419. The Morgan fingerprint density at radius 2 is 1.92 bits per heavy atom. The number of rotatable bonds is 11. The van der Waals surface area contributed by atoms with Gasteiger partial charge in [-0.05, 0) is 93.2 Å². The van der Waals surface area contributed by atoms with Crippen LogP contribution in [0.1, 0.15) is 72.3 Å². The van der Waals surface area contributed by atoms with E-state index in [1.807, 2.05) is 31.2 Å². The normalized spacial score (nSPS) is 16.6. The summed E-state index contributed by atoms with van der Waals surface area (Å²) in [6.07, 6.45) is 16.7. The van der Waals surface area contributed by atoms with Crippen LogP contribution in [0.15, 0.2) is 76.9 Å². The minimum absolute atomic E-state index is 0.0905. The highest BCUT2D eigenvalue weighted by Crippen LogP contribution is 2.40. The van der Waals surface area contributed by atoms with Gasteiger partial charge < -0.3 is 15.2 Å². The van der Waals surface area contributed by atoms with Crippen LogP contribution in [0.3, 0.4) is 0 Å². The van der Waals surface area contributed by atoms with Crippen molar-refractivity contribution in [3.63, 3.8) is 0 Å². The van der Waals surface area contributed by atoms with Crippen LogP contribution in [0.25, 0.3) is 0 Å². The first-order valence-electron chi connectivity index (χ1n) is 12.6. The molecule has 0 unspecified atom stereocenters. The summed E-state index contributed by atoms with van der Waals surface area (Å²) in [4.78, 5) is 23.3. The first kappa shape index (κ1) is 28.9. The molecule has 0 radical (unpaired) electrons. The van der Waals surface area contributed by atoms with Crippen molar-refractivity contribution < 1.29 is 19.4 Å². The number of carboxylic acids is 1. The third kappa shape index (κ3) is 9.37. The first-order valence-corrected chi connectivity index (χ1v) is 12.6. The van der Waals surface area contributed by atoms with Gasteiger partial charge in [-0.3, -0.25) is 9.59 Å². The average molecular weight is 492 g/mol. The number of carboxylic acid groups (broad SMARTS) is 1. The van der Waals surface area contributed by atoms with Gasteiger partial charge in [0.25, 0.3) is 0 Å². The van der Waals surface area contributed by atoms with Crippen LogP contribution in [-0.4, -0.2) is 24.1 Å². The summed E-state index contributed by atoms with van der Waals surface area (Å²) in [5.41, 5.74) is 6.66. The summed E-state index contributed by atoms with van der Waals surface area (Å²) in [6.45, 7) is 10.8. The lowest BCUT2D eigenvalue weighted by atomic mass is 9.72. The van der Waals surface area contributed by atoms with Crippen molar-refractivity contribution >= 4 is 17.6 Å². The topological polar surface area (TPSA) is 75.6 Å². The lowest BCUT2D eigenvalue weighted by Gasteiger charge is -2.32.